The van der Waals surface area contributed by atoms with Crippen molar-refractivity contribution in [3.63, 3.8) is 0 Å². The number of nitrogens with one attached hydrogen (secondary N) is 1. The zero-order chi connectivity index (χ0) is 14.5. The zero-order valence-corrected chi connectivity index (χ0v) is 12.0. The number of hydrogen-bond donors (Lipinski definition) is 2. The van der Waals surface area contributed by atoms with E-state index < -0.39 is 12.0 Å². The summed E-state index contributed by atoms with van der Waals surface area (Å²) in [6.45, 7) is 1.87. The van der Waals surface area contributed by atoms with E-state index in [-0.39, 0.29) is 0 Å². The van der Waals surface area contributed by atoms with E-state index in [9.17, 15) is 4.79 Å². The van der Waals surface area contributed by atoms with Gasteiger partial charge in [0.25, 0.3) is 0 Å². The summed E-state index contributed by atoms with van der Waals surface area (Å²) in [5.74, 6) is 0.492. The van der Waals surface area contributed by atoms with Crippen molar-refractivity contribution in [3.05, 3.63) is 24.3 Å². The Morgan fingerprint density at radius 1 is 1.60 bits per heavy atom. The number of ether oxygens (including phenoxy) is 1. The molecule has 2 rings (SSSR count). The molecule has 0 aliphatic carbocycles. The molecule has 1 fully saturated rings. The van der Waals surface area contributed by atoms with Crippen molar-refractivity contribution in [2.45, 2.75) is 18.9 Å². The SMILES string of the molecule is CNC(CC1CCN(c2cccc(OC)c2)C1)C(=O)O. The first-order valence-corrected chi connectivity index (χ1v) is 6.93. The van der Waals surface area contributed by atoms with Crippen LogP contribution < -0.4 is 15.0 Å². The number of carbonyl (C=O) groups is 1. The Kier molecular flexibility index (Phi) is 4.84. The van der Waals surface area contributed by atoms with Crippen LogP contribution in [0, 0.1) is 5.92 Å². The van der Waals surface area contributed by atoms with Crippen LogP contribution in [-0.4, -0.2) is 44.4 Å². The van der Waals surface area contributed by atoms with Gasteiger partial charge in [-0.05, 0) is 37.9 Å². The molecule has 1 aromatic rings. The van der Waals surface area contributed by atoms with Crippen molar-refractivity contribution >= 4 is 11.7 Å². The van der Waals surface area contributed by atoms with E-state index in [2.05, 4.69) is 16.3 Å². The van der Waals surface area contributed by atoms with Gasteiger partial charge in [0.2, 0.25) is 0 Å². The molecule has 0 radical (unpaired) electrons. The summed E-state index contributed by atoms with van der Waals surface area (Å²) in [6.07, 6.45) is 1.70. The Balaban J connectivity index is 1.96. The topological polar surface area (TPSA) is 61.8 Å². The van der Waals surface area contributed by atoms with Gasteiger partial charge in [-0.15, -0.1) is 0 Å². The lowest BCUT2D eigenvalue weighted by Crippen LogP contribution is -2.36. The molecule has 5 nitrogen and oxygen atoms in total. The van der Waals surface area contributed by atoms with E-state index in [1.165, 1.54) is 0 Å². The number of carboxylic acid groups (broad SMARTS) is 1. The number of aliphatic carboxylic acids is 1. The molecule has 110 valence electrons. The molecule has 0 amide bonds. The highest BCUT2D eigenvalue weighted by atomic mass is 16.5. The Bertz CT molecular complexity index is 464. The van der Waals surface area contributed by atoms with E-state index in [0.29, 0.717) is 12.3 Å². The Hall–Kier alpha value is -1.75. The first-order valence-electron chi connectivity index (χ1n) is 6.93. The standard InChI is InChI=1S/C15H22N2O3/c1-16-14(15(18)19)8-11-6-7-17(10-11)12-4-3-5-13(9-12)20-2/h3-5,9,11,14,16H,6-8,10H2,1-2H3,(H,18,19). The lowest BCUT2D eigenvalue weighted by molar-refractivity contribution is -0.139. The minimum atomic E-state index is -0.771. The van der Waals surface area contributed by atoms with Gasteiger partial charge in [-0.3, -0.25) is 4.79 Å². The van der Waals surface area contributed by atoms with E-state index in [0.717, 1.165) is 30.9 Å². The fraction of sp³-hybridized carbons (Fsp3) is 0.533. The van der Waals surface area contributed by atoms with Gasteiger partial charge in [0.1, 0.15) is 11.8 Å². The van der Waals surface area contributed by atoms with Crippen molar-refractivity contribution in [2.24, 2.45) is 5.92 Å². The molecule has 2 N–H and O–H groups in total. The van der Waals surface area contributed by atoms with Crippen LogP contribution in [-0.2, 0) is 4.79 Å². The minimum Gasteiger partial charge on any atom is -0.497 e. The molecule has 0 aromatic heterocycles. The van der Waals surface area contributed by atoms with E-state index in [4.69, 9.17) is 9.84 Å². The summed E-state index contributed by atoms with van der Waals surface area (Å²) in [4.78, 5) is 13.4. The van der Waals surface area contributed by atoms with Gasteiger partial charge >= 0.3 is 5.97 Å². The van der Waals surface area contributed by atoms with Crippen LogP contribution in [0.4, 0.5) is 5.69 Å². The fourth-order valence-electron chi connectivity index (χ4n) is 2.74. The third-order valence-corrected chi connectivity index (χ3v) is 3.92. The van der Waals surface area contributed by atoms with Crippen LogP contribution in [0.15, 0.2) is 24.3 Å². The molecule has 2 unspecified atom stereocenters. The average molecular weight is 278 g/mol. The minimum absolute atomic E-state index is 0.412. The third kappa shape index (κ3) is 3.42. The lowest BCUT2D eigenvalue weighted by atomic mass is 9.99. The van der Waals surface area contributed by atoms with Crippen molar-refractivity contribution in [2.75, 3.05) is 32.1 Å². The molecule has 1 aliphatic rings. The van der Waals surface area contributed by atoms with Crippen LogP contribution >= 0.6 is 0 Å². The molecule has 0 spiro atoms. The second-order valence-corrected chi connectivity index (χ2v) is 5.22. The Labute approximate surface area is 119 Å². The molecule has 1 aliphatic heterocycles. The largest absolute Gasteiger partial charge is 0.497 e. The van der Waals surface area contributed by atoms with Crippen LogP contribution in [0.5, 0.6) is 5.75 Å². The van der Waals surface area contributed by atoms with Crippen molar-refractivity contribution in [1.82, 2.24) is 5.32 Å². The highest BCUT2D eigenvalue weighted by molar-refractivity contribution is 5.73. The van der Waals surface area contributed by atoms with Crippen LogP contribution in [0.1, 0.15) is 12.8 Å². The summed E-state index contributed by atoms with van der Waals surface area (Å²) in [7, 11) is 3.36. The fourth-order valence-corrected chi connectivity index (χ4v) is 2.74. The summed E-state index contributed by atoms with van der Waals surface area (Å²) >= 11 is 0. The molecule has 0 saturated carbocycles. The molecule has 5 heteroatoms. The van der Waals surface area contributed by atoms with Crippen molar-refractivity contribution in [3.8, 4) is 5.75 Å². The molecular weight excluding hydrogens is 256 g/mol. The molecule has 1 aromatic carbocycles. The summed E-state index contributed by atoms with van der Waals surface area (Å²) in [6, 6.07) is 7.55. The summed E-state index contributed by atoms with van der Waals surface area (Å²) in [5.41, 5.74) is 1.14. The maximum atomic E-state index is 11.1. The Morgan fingerprint density at radius 2 is 2.40 bits per heavy atom. The van der Waals surface area contributed by atoms with Gasteiger partial charge < -0.3 is 20.1 Å². The van der Waals surface area contributed by atoms with Gasteiger partial charge in [-0.1, -0.05) is 6.07 Å². The maximum absolute atomic E-state index is 11.1. The van der Waals surface area contributed by atoms with Crippen LogP contribution in [0.2, 0.25) is 0 Å². The number of hydrogen-bond acceptors (Lipinski definition) is 4. The molecule has 20 heavy (non-hydrogen) atoms. The quantitative estimate of drug-likeness (QED) is 0.827. The van der Waals surface area contributed by atoms with Crippen LogP contribution in [0.3, 0.4) is 0 Å². The van der Waals surface area contributed by atoms with E-state index in [1.807, 2.05) is 18.2 Å². The lowest BCUT2D eigenvalue weighted by Gasteiger charge is -2.20. The number of likely N-dealkylation sites (N-methyl/N-ethyl adjacent to an activating group) is 1. The van der Waals surface area contributed by atoms with Crippen molar-refractivity contribution in [1.29, 1.82) is 0 Å². The van der Waals surface area contributed by atoms with Gasteiger partial charge in [0.15, 0.2) is 0 Å². The molecule has 1 saturated heterocycles. The predicted octanol–water partition coefficient (Wildman–Crippen LogP) is 1.58. The number of anilines is 1. The number of nitrogens with zero attached hydrogens (tertiary/aromatic N) is 1. The number of benzene rings is 1. The van der Waals surface area contributed by atoms with Gasteiger partial charge in [0.05, 0.1) is 7.11 Å². The van der Waals surface area contributed by atoms with Gasteiger partial charge in [0, 0.05) is 24.8 Å². The van der Waals surface area contributed by atoms with Crippen molar-refractivity contribution < 1.29 is 14.6 Å². The van der Waals surface area contributed by atoms with E-state index in [1.54, 1.807) is 14.2 Å². The molecular formula is C15H22N2O3. The molecule has 2 atom stereocenters. The smallest absolute Gasteiger partial charge is 0.320 e. The summed E-state index contributed by atoms with van der Waals surface area (Å²) in [5, 5.41) is 12.0. The van der Waals surface area contributed by atoms with Gasteiger partial charge in [-0.25, -0.2) is 0 Å². The zero-order valence-electron chi connectivity index (χ0n) is 12.0. The second-order valence-electron chi connectivity index (χ2n) is 5.22. The monoisotopic (exact) mass is 278 g/mol. The first-order chi connectivity index (χ1) is 9.63. The van der Waals surface area contributed by atoms with E-state index >= 15 is 0 Å². The number of methoxy groups -OCH3 is 1. The molecule has 1 heterocycles. The van der Waals surface area contributed by atoms with Gasteiger partial charge in [-0.2, -0.15) is 0 Å². The second kappa shape index (κ2) is 6.61. The number of rotatable bonds is 6. The van der Waals surface area contributed by atoms with Crippen LogP contribution in [0.25, 0.3) is 0 Å². The first kappa shape index (κ1) is 14.7. The average Bonchev–Trinajstić information content (AvgIpc) is 2.93. The third-order valence-electron chi connectivity index (χ3n) is 3.92. The summed E-state index contributed by atoms with van der Waals surface area (Å²) < 4.78 is 5.24. The molecule has 0 bridgehead atoms. The number of carboxylic acids is 1. The normalized spacial score (nSPS) is 19.9. The predicted molar refractivity (Wildman–Crippen MR) is 78.4 cm³/mol. The maximum Gasteiger partial charge on any atom is 0.320 e. The highest BCUT2D eigenvalue weighted by Gasteiger charge is 2.27. The Morgan fingerprint density at radius 3 is 3.05 bits per heavy atom. The highest BCUT2D eigenvalue weighted by Crippen LogP contribution is 2.28.